The Bertz CT molecular complexity index is 1120. The molecule has 1 saturated heterocycles. The molecule has 1 aromatic carbocycles. The number of H-pyrrole nitrogens is 1. The van der Waals surface area contributed by atoms with Gasteiger partial charge in [0.25, 0.3) is 11.8 Å². The van der Waals surface area contributed by atoms with E-state index >= 15 is 0 Å². The van der Waals surface area contributed by atoms with Crippen LogP contribution in [0.2, 0.25) is 0 Å². The lowest BCUT2D eigenvalue weighted by Crippen LogP contribution is -2.39. The van der Waals surface area contributed by atoms with Gasteiger partial charge in [-0.25, -0.2) is 4.68 Å². The van der Waals surface area contributed by atoms with E-state index in [4.69, 9.17) is 4.52 Å². The van der Waals surface area contributed by atoms with Crippen LogP contribution in [0.1, 0.15) is 42.1 Å². The topological polar surface area (TPSA) is 106 Å². The lowest BCUT2D eigenvalue weighted by molar-refractivity contribution is 0.0684. The number of benzene rings is 1. The van der Waals surface area contributed by atoms with Gasteiger partial charge in [0.05, 0.1) is 12.2 Å². The van der Waals surface area contributed by atoms with Crippen molar-refractivity contribution in [3.05, 3.63) is 48.0 Å². The van der Waals surface area contributed by atoms with Crippen molar-refractivity contribution in [3.8, 4) is 11.6 Å². The number of carbonyl (C=O) groups excluding carboxylic acids is 1. The van der Waals surface area contributed by atoms with E-state index in [9.17, 15) is 4.79 Å². The average molecular weight is 391 g/mol. The van der Waals surface area contributed by atoms with E-state index in [2.05, 4.69) is 25.4 Å². The van der Waals surface area contributed by atoms with Crippen molar-refractivity contribution in [2.24, 2.45) is 0 Å². The first-order valence-electron chi connectivity index (χ1n) is 9.83. The maximum Gasteiger partial charge on any atom is 0.280 e. The Morgan fingerprint density at radius 3 is 2.86 bits per heavy atom. The van der Waals surface area contributed by atoms with Crippen molar-refractivity contribution >= 4 is 16.8 Å². The molecule has 5 rings (SSSR count). The molecule has 9 heteroatoms. The van der Waals surface area contributed by atoms with E-state index in [1.807, 2.05) is 53.0 Å². The van der Waals surface area contributed by atoms with Crippen molar-refractivity contribution in [2.45, 2.75) is 32.2 Å². The fourth-order valence-electron chi connectivity index (χ4n) is 3.75. The van der Waals surface area contributed by atoms with Crippen LogP contribution in [0.25, 0.3) is 22.5 Å². The molecule has 1 N–H and O–H groups in total. The summed E-state index contributed by atoms with van der Waals surface area (Å²) in [6, 6.07) is 10.0. The Balaban J connectivity index is 1.25. The van der Waals surface area contributed by atoms with Crippen LogP contribution in [0.15, 0.2) is 41.1 Å². The molecule has 0 atom stereocenters. The van der Waals surface area contributed by atoms with E-state index in [1.54, 1.807) is 0 Å². The zero-order chi connectivity index (χ0) is 19.8. The number of piperidine rings is 1. The van der Waals surface area contributed by atoms with Crippen LogP contribution in [-0.2, 0) is 6.42 Å². The number of nitrogens with zero attached hydrogens (tertiary/aromatic N) is 6. The summed E-state index contributed by atoms with van der Waals surface area (Å²) in [6.07, 6.45) is 4.19. The van der Waals surface area contributed by atoms with Crippen molar-refractivity contribution in [1.82, 2.24) is 35.0 Å². The SMILES string of the molecule is CCc1noc(-c2cn(C3CCN(C(=O)c4cc5ccccc5[nH]4)CC3)nn2)n1. The van der Waals surface area contributed by atoms with Gasteiger partial charge in [0.15, 0.2) is 11.5 Å². The molecule has 1 aliphatic heterocycles. The molecular formula is C20H21N7O2. The fourth-order valence-corrected chi connectivity index (χ4v) is 3.75. The first kappa shape index (κ1) is 17.6. The van der Waals surface area contributed by atoms with Crippen molar-refractivity contribution < 1.29 is 9.32 Å². The first-order chi connectivity index (χ1) is 14.2. The Kier molecular flexibility index (Phi) is 4.34. The van der Waals surface area contributed by atoms with Crippen LogP contribution >= 0.6 is 0 Å². The van der Waals surface area contributed by atoms with E-state index in [0.29, 0.717) is 42.6 Å². The molecule has 0 saturated carbocycles. The fraction of sp³-hybridized carbons (Fsp3) is 0.350. The maximum atomic E-state index is 12.9. The Morgan fingerprint density at radius 2 is 2.10 bits per heavy atom. The second kappa shape index (κ2) is 7.16. The van der Waals surface area contributed by atoms with Gasteiger partial charge in [-0.15, -0.1) is 5.10 Å². The number of fused-ring (bicyclic) bond motifs is 1. The number of likely N-dealkylation sites (tertiary alicyclic amines) is 1. The summed E-state index contributed by atoms with van der Waals surface area (Å²) >= 11 is 0. The second-order valence-corrected chi connectivity index (χ2v) is 7.25. The van der Waals surface area contributed by atoms with E-state index in [1.165, 1.54) is 0 Å². The standard InChI is InChI=1S/C20H21N7O2/c1-2-18-22-19(29-24-18)17-12-27(25-23-17)14-7-9-26(10-8-14)20(28)16-11-13-5-3-4-6-15(13)21-16/h3-6,11-12,14,21H,2,7-10H2,1H3. The molecule has 1 aliphatic rings. The summed E-state index contributed by atoms with van der Waals surface area (Å²) < 4.78 is 7.07. The highest BCUT2D eigenvalue weighted by Gasteiger charge is 2.26. The molecule has 1 amide bonds. The number of carbonyl (C=O) groups is 1. The van der Waals surface area contributed by atoms with Gasteiger partial charge in [0.2, 0.25) is 0 Å². The average Bonchev–Trinajstić information content (AvgIpc) is 3.51. The van der Waals surface area contributed by atoms with Crippen LogP contribution in [0.4, 0.5) is 0 Å². The van der Waals surface area contributed by atoms with Crippen molar-refractivity contribution in [3.63, 3.8) is 0 Å². The van der Waals surface area contributed by atoms with Crippen LogP contribution in [0, 0.1) is 0 Å². The number of aromatic nitrogens is 6. The first-order valence-corrected chi connectivity index (χ1v) is 9.83. The minimum Gasteiger partial charge on any atom is -0.351 e. The molecule has 0 radical (unpaired) electrons. The highest BCUT2D eigenvalue weighted by Crippen LogP contribution is 2.25. The molecule has 4 aromatic rings. The summed E-state index contributed by atoms with van der Waals surface area (Å²) in [5.74, 6) is 1.08. The van der Waals surface area contributed by atoms with Crippen LogP contribution < -0.4 is 0 Å². The predicted molar refractivity (Wildman–Crippen MR) is 105 cm³/mol. The summed E-state index contributed by atoms with van der Waals surface area (Å²) in [5.41, 5.74) is 2.19. The predicted octanol–water partition coefficient (Wildman–Crippen LogP) is 2.85. The number of aromatic amines is 1. The largest absolute Gasteiger partial charge is 0.351 e. The third kappa shape index (κ3) is 3.28. The van der Waals surface area contributed by atoms with Crippen LogP contribution in [-0.4, -0.2) is 54.0 Å². The molecule has 0 aliphatic carbocycles. The summed E-state index contributed by atoms with van der Waals surface area (Å²) in [7, 11) is 0. The Labute approximate surface area is 166 Å². The van der Waals surface area contributed by atoms with E-state index in [0.717, 1.165) is 23.7 Å². The highest BCUT2D eigenvalue weighted by atomic mass is 16.5. The Morgan fingerprint density at radius 1 is 1.28 bits per heavy atom. The number of rotatable bonds is 4. The zero-order valence-corrected chi connectivity index (χ0v) is 16.1. The van der Waals surface area contributed by atoms with Gasteiger partial charge >= 0.3 is 0 Å². The molecule has 148 valence electrons. The van der Waals surface area contributed by atoms with Gasteiger partial charge in [-0.2, -0.15) is 4.98 Å². The number of hydrogen-bond donors (Lipinski definition) is 1. The monoisotopic (exact) mass is 391 g/mol. The summed E-state index contributed by atoms with van der Waals surface area (Å²) in [6.45, 7) is 3.32. The van der Waals surface area contributed by atoms with Gasteiger partial charge in [-0.3, -0.25) is 4.79 Å². The smallest absolute Gasteiger partial charge is 0.280 e. The van der Waals surface area contributed by atoms with Gasteiger partial charge in [-0.1, -0.05) is 35.5 Å². The third-order valence-corrected chi connectivity index (χ3v) is 5.40. The van der Waals surface area contributed by atoms with E-state index < -0.39 is 0 Å². The molecule has 3 aromatic heterocycles. The molecule has 29 heavy (non-hydrogen) atoms. The minimum atomic E-state index is 0.0388. The lowest BCUT2D eigenvalue weighted by atomic mass is 10.0. The normalized spacial score (nSPS) is 15.3. The second-order valence-electron chi connectivity index (χ2n) is 7.25. The van der Waals surface area contributed by atoms with Crippen molar-refractivity contribution in [1.29, 1.82) is 0 Å². The molecule has 0 spiro atoms. The number of amides is 1. The number of aryl methyl sites for hydroxylation is 1. The van der Waals surface area contributed by atoms with Crippen LogP contribution in [0.3, 0.4) is 0 Å². The maximum absolute atomic E-state index is 12.9. The third-order valence-electron chi connectivity index (χ3n) is 5.40. The van der Waals surface area contributed by atoms with Crippen molar-refractivity contribution in [2.75, 3.05) is 13.1 Å². The summed E-state index contributed by atoms with van der Waals surface area (Å²) in [5, 5.41) is 13.3. The minimum absolute atomic E-state index is 0.0388. The van der Waals surface area contributed by atoms with E-state index in [-0.39, 0.29) is 11.9 Å². The number of nitrogens with one attached hydrogen (secondary N) is 1. The van der Waals surface area contributed by atoms with Crippen LogP contribution in [0.5, 0.6) is 0 Å². The molecule has 9 nitrogen and oxygen atoms in total. The molecule has 0 unspecified atom stereocenters. The highest BCUT2D eigenvalue weighted by molar-refractivity contribution is 5.98. The number of hydrogen-bond acceptors (Lipinski definition) is 6. The van der Waals surface area contributed by atoms with Gasteiger partial charge in [-0.05, 0) is 25.0 Å². The number of para-hydroxylation sites is 1. The van der Waals surface area contributed by atoms with Gasteiger partial charge in [0, 0.05) is 30.4 Å². The zero-order valence-electron chi connectivity index (χ0n) is 16.1. The lowest BCUT2D eigenvalue weighted by Gasteiger charge is -2.31. The Hall–Kier alpha value is -3.49. The summed E-state index contributed by atoms with van der Waals surface area (Å²) in [4.78, 5) is 22.3. The quantitative estimate of drug-likeness (QED) is 0.573. The van der Waals surface area contributed by atoms with Gasteiger partial charge < -0.3 is 14.4 Å². The molecule has 0 bridgehead atoms. The molecular weight excluding hydrogens is 370 g/mol. The molecule has 1 fully saturated rings. The van der Waals surface area contributed by atoms with Gasteiger partial charge in [0.1, 0.15) is 5.69 Å². The molecule has 4 heterocycles.